The van der Waals surface area contributed by atoms with Crippen LogP contribution in [0.3, 0.4) is 0 Å². The third-order valence-corrected chi connectivity index (χ3v) is 10.4. The number of aliphatic imine (C=N–C) groups is 1. The number of fused-ring (bicyclic) bond motifs is 1. The number of urea groups is 1. The summed E-state index contributed by atoms with van der Waals surface area (Å²) in [7, 11) is 0. The van der Waals surface area contributed by atoms with Crippen LogP contribution in [0.4, 0.5) is 9.59 Å². The minimum Gasteiger partial charge on any atom is -0.465 e. The van der Waals surface area contributed by atoms with E-state index in [0.29, 0.717) is 37.7 Å². The number of hydrogen-bond donors (Lipinski definition) is 2. The number of Topliss-reactive ketones (excluding diaryl/α,β-unsaturated/α-hetero) is 1. The van der Waals surface area contributed by atoms with Crippen LogP contribution in [0.25, 0.3) is 0 Å². The van der Waals surface area contributed by atoms with Gasteiger partial charge in [0, 0.05) is 50.8 Å². The van der Waals surface area contributed by atoms with Crippen LogP contribution in [-0.4, -0.2) is 103 Å². The van der Waals surface area contributed by atoms with E-state index in [-0.39, 0.29) is 37.4 Å². The number of piperazine rings is 1. The molecule has 11 heteroatoms. The smallest absolute Gasteiger partial charge is 0.407 e. The molecule has 3 amide bonds. The predicted octanol–water partition coefficient (Wildman–Crippen LogP) is 3.75. The van der Waals surface area contributed by atoms with E-state index in [1.807, 2.05) is 39.9 Å². The number of carbonyl (C=O) groups excluding carboxylic acids is 2. The summed E-state index contributed by atoms with van der Waals surface area (Å²) in [6, 6.07) is 8.77. The van der Waals surface area contributed by atoms with E-state index in [4.69, 9.17) is 0 Å². The van der Waals surface area contributed by atoms with Crippen LogP contribution in [0.5, 0.6) is 0 Å². The molecule has 222 valence electrons. The van der Waals surface area contributed by atoms with Crippen LogP contribution >= 0.6 is 0 Å². The summed E-state index contributed by atoms with van der Waals surface area (Å²) < 4.78 is 1.91. The molecule has 4 fully saturated rings. The Labute approximate surface area is 244 Å². The molecule has 1 aromatic heterocycles. The number of piperidine rings is 1. The normalized spacial score (nSPS) is 28.8. The van der Waals surface area contributed by atoms with E-state index in [1.165, 1.54) is 4.90 Å². The fourth-order valence-electron chi connectivity index (χ4n) is 7.83. The van der Waals surface area contributed by atoms with Gasteiger partial charge in [0.05, 0.1) is 35.1 Å². The molecule has 2 N–H and O–H groups in total. The number of ketones is 1. The summed E-state index contributed by atoms with van der Waals surface area (Å²) in [4.78, 5) is 49.1. The molecule has 2 saturated carbocycles. The highest BCUT2D eigenvalue weighted by molar-refractivity contribution is 6.09. The molecule has 1 spiro atoms. The van der Waals surface area contributed by atoms with Crippen LogP contribution in [-0.2, 0) is 0 Å². The average Bonchev–Trinajstić information content (AvgIpc) is 3.57. The van der Waals surface area contributed by atoms with Gasteiger partial charge in [0.15, 0.2) is 5.78 Å². The zero-order chi connectivity index (χ0) is 29.1. The molecular weight excluding hydrogens is 536 g/mol. The second kappa shape index (κ2) is 10.2. The fraction of sp³-hybridized carbons (Fsp3) is 0.581. The van der Waals surface area contributed by atoms with Crippen molar-refractivity contribution in [1.82, 2.24) is 24.5 Å². The van der Waals surface area contributed by atoms with E-state index >= 15 is 0 Å². The number of aliphatic hydroxyl groups is 1. The Bertz CT molecular complexity index is 1410. The van der Waals surface area contributed by atoms with Gasteiger partial charge in [-0.25, -0.2) is 9.59 Å². The standard InChI is InChI=1S/C31H38N6O5/c38-27-23-17-33-37(22-8-9-22)25(23)18-32-24(27)16-31(42)12-13-35(20-30(31)10-4-5-11-30)28(39)36-15-14-34(29(40)41)19-26(36)21-6-2-1-3-7-21/h1-3,6-7,17-18,22,24,26,42H,4-5,8-16,19-20H2,(H,40,41)/t24?,26-,31?/m0/s1. The molecule has 0 radical (unpaired) electrons. The summed E-state index contributed by atoms with van der Waals surface area (Å²) in [5.41, 5.74) is 0.631. The Morgan fingerprint density at radius 3 is 2.48 bits per heavy atom. The monoisotopic (exact) mass is 574 g/mol. The van der Waals surface area contributed by atoms with Gasteiger partial charge in [-0.3, -0.25) is 14.5 Å². The number of benzene rings is 1. The van der Waals surface area contributed by atoms with Gasteiger partial charge in [-0.2, -0.15) is 5.10 Å². The Kier molecular flexibility index (Phi) is 6.60. The van der Waals surface area contributed by atoms with E-state index < -0.39 is 23.2 Å². The lowest BCUT2D eigenvalue weighted by Crippen LogP contribution is -2.64. The van der Waals surface area contributed by atoms with Crippen LogP contribution in [0.15, 0.2) is 41.5 Å². The van der Waals surface area contributed by atoms with Gasteiger partial charge in [0.25, 0.3) is 0 Å². The third-order valence-electron chi connectivity index (χ3n) is 10.4. The lowest BCUT2D eigenvalue weighted by Gasteiger charge is -2.54. The number of amides is 3. The number of carboxylic acid groups (broad SMARTS) is 1. The molecule has 2 aliphatic carbocycles. The van der Waals surface area contributed by atoms with Gasteiger partial charge in [-0.05, 0) is 37.7 Å². The minimum atomic E-state index is -1.12. The van der Waals surface area contributed by atoms with Gasteiger partial charge < -0.3 is 24.9 Å². The maximum absolute atomic E-state index is 14.1. The average molecular weight is 575 g/mol. The Morgan fingerprint density at radius 1 is 1.00 bits per heavy atom. The highest BCUT2D eigenvalue weighted by atomic mass is 16.4. The maximum Gasteiger partial charge on any atom is 0.407 e. The molecule has 3 aliphatic heterocycles. The van der Waals surface area contributed by atoms with Crippen LogP contribution in [0.2, 0.25) is 0 Å². The second-order valence-corrected chi connectivity index (χ2v) is 12.8. The van der Waals surface area contributed by atoms with Gasteiger partial charge >= 0.3 is 12.1 Å². The summed E-state index contributed by atoms with van der Waals surface area (Å²) in [5.74, 6) is -0.0820. The molecule has 42 heavy (non-hydrogen) atoms. The van der Waals surface area contributed by atoms with Crippen molar-refractivity contribution in [2.45, 2.75) is 75.1 Å². The van der Waals surface area contributed by atoms with E-state index in [9.17, 15) is 24.6 Å². The SMILES string of the molecule is O=C1c2cnn(C3CC3)c2C=NC1CC1(O)CCN(C(=O)N2CCN(C(=O)O)C[C@H]2c2ccccc2)CC12CCCC2. The molecule has 2 aromatic rings. The van der Waals surface area contributed by atoms with E-state index in [2.05, 4.69) is 10.1 Å². The van der Waals surface area contributed by atoms with Crippen LogP contribution in [0, 0.1) is 5.41 Å². The van der Waals surface area contributed by atoms with Crippen LogP contribution < -0.4 is 0 Å². The van der Waals surface area contributed by atoms with Gasteiger partial charge in [-0.1, -0.05) is 43.2 Å². The van der Waals surface area contributed by atoms with E-state index in [1.54, 1.807) is 17.3 Å². The van der Waals surface area contributed by atoms with Crippen molar-refractivity contribution in [1.29, 1.82) is 0 Å². The first-order chi connectivity index (χ1) is 20.3. The van der Waals surface area contributed by atoms with Crippen molar-refractivity contribution >= 4 is 24.1 Å². The fourth-order valence-corrected chi connectivity index (χ4v) is 7.83. The molecule has 0 bridgehead atoms. The first kappa shape index (κ1) is 27.1. The maximum atomic E-state index is 14.1. The summed E-state index contributed by atoms with van der Waals surface area (Å²) >= 11 is 0. The third kappa shape index (κ3) is 4.49. The topological polar surface area (TPSA) is 132 Å². The highest BCUT2D eigenvalue weighted by Gasteiger charge is 2.57. The molecule has 5 aliphatic rings. The number of nitrogens with zero attached hydrogens (tertiary/aromatic N) is 6. The largest absolute Gasteiger partial charge is 0.465 e. The van der Waals surface area contributed by atoms with Crippen molar-refractivity contribution in [3.8, 4) is 0 Å². The van der Waals surface area contributed by atoms with Gasteiger partial charge in [-0.15, -0.1) is 0 Å². The quantitative estimate of drug-likeness (QED) is 0.572. The zero-order valence-corrected chi connectivity index (χ0v) is 23.8. The van der Waals surface area contributed by atoms with Crippen molar-refractivity contribution < 1.29 is 24.6 Å². The summed E-state index contributed by atoms with van der Waals surface area (Å²) in [6.07, 6.45) is 8.69. The van der Waals surface area contributed by atoms with Crippen molar-refractivity contribution in [3.63, 3.8) is 0 Å². The van der Waals surface area contributed by atoms with Crippen molar-refractivity contribution in [2.75, 3.05) is 32.7 Å². The molecule has 11 nitrogen and oxygen atoms in total. The molecule has 2 saturated heterocycles. The number of aromatic nitrogens is 2. The van der Waals surface area contributed by atoms with Crippen molar-refractivity contribution in [3.05, 3.63) is 53.3 Å². The van der Waals surface area contributed by atoms with Crippen LogP contribution in [0.1, 0.15) is 85.1 Å². The lowest BCUT2D eigenvalue weighted by atomic mass is 9.63. The molecular formula is C31H38N6O5. The molecule has 4 heterocycles. The Hall–Kier alpha value is -3.73. The highest BCUT2D eigenvalue weighted by Crippen LogP contribution is 2.53. The number of hydrogen-bond acceptors (Lipinski definition) is 6. The lowest BCUT2D eigenvalue weighted by molar-refractivity contribution is -0.133. The van der Waals surface area contributed by atoms with Gasteiger partial charge in [0.2, 0.25) is 0 Å². The van der Waals surface area contributed by atoms with Gasteiger partial charge in [0.1, 0.15) is 6.04 Å². The zero-order valence-electron chi connectivity index (χ0n) is 23.8. The molecule has 7 rings (SSSR count). The summed E-state index contributed by atoms with van der Waals surface area (Å²) in [5, 5.41) is 26.4. The molecule has 2 unspecified atom stereocenters. The number of likely N-dealkylation sites (tertiary alicyclic amines) is 1. The molecule has 1 aromatic carbocycles. The Balaban J connectivity index is 1.11. The molecule has 3 atom stereocenters. The van der Waals surface area contributed by atoms with Crippen molar-refractivity contribution in [2.24, 2.45) is 10.4 Å². The minimum absolute atomic E-state index is 0.0820. The second-order valence-electron chi connectivity index (χ2n) is 12.8. The first-order valence-electron chi connectivity index (χ1n) is 15.2. The summed E-state index contributed by atoms with van der Waals surface area (Å²) in [6.45, 7) is 1.57. The predicted molar refractivity (Wildman–Crippen MR) is 154 cm³/mol. The van der Waals surface area contributed by atoms with E-state index in [0.717, 1.165) is 49.8 Å². The number of carbonyl (C=O) groups is 3. The Morgan fingerprint density at radius 2 is 1.76 bits per heavy atom. The number of rotatable bonds is 4. The first-order valence-corrected chi connectivity index (χ1v) is 15.2.